The van der Waals surface area contributed by atoms with Crippen LogP contribution in [0.4, 0.5) is 13.2 Å². The van der Waals surface area contributed by atoms with Crippen LogP contribution in [-0.4, -0.2) is 38.7 Å². The van der Waals surface area contributed by atoms with Gasteiger partial charge in [0.1, 0.15) is 17.7 Å². The second-order valence-electron chi connectivity index (χ2n) is 7.98. The molecule has 0 bridgehead atoms. The number of hydrogen-bond acceptors (Lipinski definition) is 7. The Labute approximate surface area is 203 Å². The van der Waals surface area contributed by atoms with Gasteiger partial charge in [-0.3, -0.25) is 0 Å². The fourth-order valence-corrected chi connectivity index (χ4v) is 3.96. The van der Waals surface area contributed by atoms with E-state index in [1.54, 1.807) is 12.1 Å². The third kappa shape index (κ3) is 4.23. The molecule has 5 rings (SSSR count). The summed E-state index contributed by atoms with van der Waals surface area (Å²) in [7, 11) is 4.51. The minimum absolute atomic E-state index is 0.240. The van der Waals surface area contributed by atoms with Gasteiger partial charge in [-0.1, -0.05) is 36.4 Å². The van der Waals surface area contributed by atoms with Gasteiger partial charge in [-0.05, 0) is 11.6 Å². The molecule has 0 aliphatic rings. The third-order valence-corrected chi connectivity index (χ3v) is 5.65. The quantitative estimate of drug-likeness (QED) is 0.315. The molecule has 184 valence electrons. The van der Waals surface area contributed by atoms with Crippen LogP contribution in [-0.2, 0) is 19.6 Å². The van der Waals surface area contributed by atoms with Crippen molar-refractivity contribution in [1.82, 2.24) is 24.5 Å². The molecule has 0 unspecified atom stereocenters. The summed E-state index contributed by atoms with van der Waals surface area (Å²) in [5, 5.41) is 0. The van der Waals surface area contributed by atoms with E-state index in [4.69, 9.17) is 13.9 Å². The number of hydrogen-bond donors (Lipinski definition) is 0. The van der Waals surface area contributed by atoms with Crippen LogP contribution in [0.5, 0.6) is 11.8 Å². The van der Waals surface area contributed by atoms with Crippen LogP contribution < -0.4 is 9.47 Å². The van der Waals surface area contributed by atoms with Gasteiger partial charge in [0.2, 0.25) is 17.7 Å². The largest absolute Gasteiger partial charge is 0.480 e. The number of ether oxygens (including phenoxy) is 2. The first-order valence-corrected chi connectivity index (χ1v) is 10.8. The Kier molecular flexibility index (Phi) is 5.83. The Morgan fingerprint density at radius 1 is 0.944 bits per heavy atom. The molecule has 0 fully saturated rings. The molecule has 0 amide bonds. The topological polar surface area (TPSA) is 88.1 Å². The van der Waals surface area contributed by atoms with Crippen molar-refractivity contribution in [2.24, 2.45) is 7.05 Å². The van der Waals surface area contributed by atoms with Crippen LogP contribution in [0.2, 0.25) is 0 Å². The molecule has 0 aliphatic heterocycles. The van der Waals surface area contributed by atoms with Crippen LogP contribution in [0.15, 0.2) is 59.4 Å². The minimum atomic E-state index is -4.50. The molecular weight excluding hydrogens is 475 g/mol. The third-order valence-electron chi connectivity index (χ3n) is 5.65. The number of aryl methyl sites for hydroxylation is 1. The second kappa shape index (κ2) is 8.99. The molecule has 11 heteroatoms. The average molecular weight is 495 g/mol. The minimum Gasteiger partial charge on any atom is -0.480 e. The summed E-state index contributed by atoms with van der Waals surface area (Å²) in [6, 6.07) is 12.8. The lowest BCUT2D eigenvalue weighted by atomic mass is 10.0. The Morgan fingerprint density at radius 2 is 1.64 bits per heavy atom. The number of methoxy groups -OCH3 is 2. The van der Waals surface area contributed by atoms with Crippen LogP contribution in [0.3, 0.4) is 0 Å². The molecule has 8 nitrogen and oxygen atoms in total. The van der Waals surface area contributed by atoms with E-state index in [9.17, 15) is 13.2 Å². The van der Waals surface area contributed by atoms with Crippen LogP contribution in [0.1, 0.15) is 16.8 Å². The van der Waals surface area contributed by atoms with Gasteiger partial charge in [0, 0.05) is 30.8 Å². The molecule has 0 saturated carbocycles. The summed E-state index contributed by atoms with van der Waals surface area (Å²) in [6.07, 6.45) is -1.67. The normalized spacial score (nSPS) is 11.7. The molecule has 0 spiro atoms. The van der Waals surface area contributed by atoms with E-state index in [2.05, 4.69) is 19.9 Å². The van der Waals surface area contributed by atoms with Crippen molar-refractivity contribution >= 4 is 11.1 Å². The van der Waals surface area contributed by atoms with Crippen LogP contribution in [0.25, 0.3) is 33.9 Å². The fraction of sp³-hybridized carbons (Fsp3) is 0.200. The standard InChI is InChI=1S/C25H20F3N5O3/c1-33-12-18(25(26,27)28)32-21(33)15-9-7-14(8-10-15)11-16-5-4-6-17-20(16)36-24(31-17)19-22(34-2)29-13-30-23(19)35-3/h4-10,12-13H,11H2,1-3H3. The lowest BCUT2D eigenvalue weighted by Gasteiger charge is -2.07. The van der Waals surface area contributed by atoms with Gasteiger partial charge in [-0.25, -0.2) is 19.9 Å². The van der Waals surface area contributed by atoms with E-state index in [0.717, 1.165) is 17.3 Å². The predicted octanol–water partition coefficient (Wildman–Crippen LogP) is 5.31. The maximum atomic E-state index is 13.0. The highest BCUT2D eigenvalue weighted by atomic mass is 19.4. The summed E-state index contributed by atoms with van der Waals surface area (Å²) in [5.41, 5.74) is 3.11. The smallest absolute Gasteiger partial charge is 0.434 e. The number of nitrogens with zero attached hydrogens (tertiary/aromatic N) is 5. The Bertz CT molecular complexity index is 1520. The van der Waals surface area contributed by atoms with Crippen molar-refractivity contribution in [3.05, 3.63) is 71.8 Å². The molecule has 0 radical (unpaired) electrons. The molecule has 0 atom stereocenters. The molecular formula is C25H20F3N5O3. The number of para-hydroxylation sites is 1. The van der Waals surface area contributed by atoms with Gasteiger partial charge in [-0.15, -0.1) is 0 Å². The SMILES string of the molecule is COc1ncnc(OC)c1-c1nc2cccc(Cc3ccc(-c4nc(C(F)(F)F)cn4C)cc3)c2o1. The van der Waals surface area contributed by atoms with Gasteiger partial charge in [0.15, 0.2) is 16.8 Å². The fourth-order valence-electron chi connectivity index (χ4n) is 3.96. The van der Waals surface area contributed by atoms with Gasteiger partial charge in [0.05, 0.1) is 14.2 Å². The lowest BCUT2D eigenvalue weighted by molar-refractivity contribution is -0.140. The predicted molar refractivity (Wildman–Crippen MR) is 125 cm³/mol. The van der Waals surface area contributed by atoms with Crippen molar-refractivity contribution in [3.63, 3.8) is 0 Å². The van der Waals surface area contributed by atoms with Crippen molar-refractivity contribution in [1.29, 1.82) is 0 Å². The monoisotopic (exact) mass is 495 g/mol. The Balaban J connectivity index is 1.46. The van der Waals surface area contributed by atoms with Crippen molar-refractivity contribution in [2.75, 3.05) is 14.2 Å². The van der Waals surface area contributed by atoms with Gasteiger partial charge < -0.3 is 18.5 Å². The van der Waals surface area contributed by atoms with Gasteiger partial charge in [-0.2, -0.15) is 13.2 Å². The van der Waals surface area contributed by atoms with Crippen molar-refractivity contribution in [2.45, 2.75) is 12.6 Å². The Morgan fingerprint density at radius 3 is 2.25 bits per heavy atom. The van der Waals surface area contributed by atoms with E-state index in [0.29, 0.717) is 28.6 Å². The zero-order valence-electron chi connectivity index (χ0n) is 19.5. The number of benzene rings is 2. The zero-order chi connectivity index (χ0) is 25.4. The summed E-state index contributed by atoms with van der Waals surface area (Å²) in [4.78, 5) is 16.6. The molecule has 0 saturated heterocycles. The molecule has 5 aromatic rings. The number of imidazole rings is 1. The van der Waals surface area contributed by atoms with E-state index < -0.39 is 11.9 Å². The van der Waals surface area contributed by atoms with Crippen molar-refractivity contribution in [3.8, 4) is 34.6 Å². The number of oxazole rings is 1. The summed E-state index contributed by atoms with van der Waals surface area (Å²) in [6.45, 7) is 0. The number of aromatic nitrogens is 5. The van der Waals surface area contributed by atoms with Gasteiger partial charge in [0.25, 0.3) is 0 Å². The van der Waals surface area contributed by atoms with E-state index in [1.165, 1.54) is 32.2 Å². The maximum absolute atomic E-state index is 13.0. The average Bonchev–Trinajstić information content (AvgIpc) is 3.48. The van der Waals surface area contributed by atoms with Crippen LogP contribution >= 0.6 is 0 Å². The van der Waals surface area contributed by atoms with Crippen molar-refractivity contribution < 1.29 is 27.1 Å². The molecule has 3 aromatic heterocycles. The number of alkyl halides is 3. The van der Waals surface area contributed by atoms with Crippen LogP contribution in [0, 0.1) is 0 Å². The first-order valence-electron chi connectivity index (χ1n) is 10.8. The number of fused-ring (bicyclic) bond motifs is 1. The highest BCUT2D eigenvalue weighted by Crippen LogP contribution is 2.37. The first-order chi connectivity index (χ1) is 17.3. The number of halogens is 3. The van der Waals surface area contributed by atoms with Gasteiger partial charge >= 0.3 is 6.18 Å². The van der Waals surface area contributed by atoms with E-state index >= 15 is 0 Å². The molecule has 2 aromatic carbocycles. The number of rotatable bonds is 6. The first kappa shape index (κ1) is 23.3. The Hall–Kier alpha value is -4.41. The lowest BCUT2D eigenvalue weighted by Crippen LogP contribution is -2.04. The van der Waals surface area contributed by atoms with E-state index in [1.807, 2.05) is 30.3 Å². The molecule has 3 heterocycles. The molecule has 36 heavy (non-hydrogen) atoms. The maximum Gasteiger partial charge on any atom is 0.434 e. The highest BCUT2D eigenvalue weighted by Gasteiger charge is 2.34. The summed E-state index contributed by atoms with van der Waals surface area (Å²) < 4.78 is 57.2. The zero-order valence-corrected chi connectivity index (χ0v) is 19.5. The summed E-state index contributed by atoms with van der Waals surface area (Å²) in [5.74, 6) is 1.04. The highest BCUT2D eigenvalue weighted by molar-refractivity contribution is 5.81. The second-order valence-corrected chi connectivity index (χ2v) is 7.98. The molecule has 0 aliphatic carbocycles. The summed E-state index contributed by atoms with van der Waals surface area (Å²) >= 11 is 0. The van der Waals surface area contributed by atoms with E-state index in [-0.39, 0.29) is 23.5 Å². The molecule has 0 N–H and O–H groups in total.